The molecule has 1 saturated heterocycles. The van der Waals surface area contributed by atoms with Crippen molar-refractivity contribution in [1.29, 1.82) is 0 Å². The summed E-state index contributed by atoms with van der Waals surface area (Å²) in [6.45, 7) is 3.93. The number of H-pyrrole nitrogens is 1. The molecular weight excluding hydrogens is 515 g/mol. The maximum atomic E-state index is 14.3. The molecule has 1 aliphatic heterocycles. The average molecular weight is 549 g/mol. The van der Waals surface area contributed by atoms with Gasteiger partial charge in [-0.2, -0.15) is 0 Å². The number of aryl methyl sites for hydroxylation is 1. The van der Waals surface area contributed by atoms with Crippen LogP contribution in [0.2, 0.25) is 0 Å². The molecule has 208 valence electrons. The quantitative estimate of drug-likeness (QED) is 0.197. The molecule has 1 amide bonds. The van der Waals surface area contributed by atoms with E-state index in [4.69, 9.17) is 5.73 Å². The van der Waals surface area contributed by atoms with Gasteiger partial charge in [0.25, 0.3) is 5.91 Å². The molecule has 0 saturated carbocycles. The summed E-state index contributed by atoms with van der Waals surface area (Å²) in [6, 6.07) is 26.9. The van der Waals surface area contributed by atoms with Gasteiger partial charge in [-0.3, -0.25) is 4.79 Å². The fourth-order valence-corrected chi connectivity index (χ4v) is 5.63. The molecule has 4 aromatic carbocycles. The third kappa shape index (κ3) is 5.54. The van der Waals surface area contributed by atoms with E-state index in [9.17, 15) is 14.3 Å². The van der Waals surface area contributed by atoms with Crippen LogP contribution in [-0.4, -0.2) is 35.1 Å². The summed E-state index contributed by atoms with van der Waals surface area (Å²) in [5.74, 6) is -0.933. The van der Waals surface area contributed by atoms with E-state index < -0.39 is 11.9 Å². The van der Waals surface area contributed by atoms with Crippen molar-refractivity contribution < 1.29 is 14.3 Å². The van der Waals surface area contributed by atoms with Gasteiger partial charge >= 0.3 is 0 Å². The summed E-state index contributed by atoms with van der Waals surface area (Å²) >= 11 is 0. The van der Waals surface area contributed by atoms with E-state index in [0.29, 0.717) is 11.3 Å². The Bertz CT molecular complexity index is 1670. The van der Waals surface area contributed by atoms with Crippen LogP contribution in [0.1, 0.15) is 46.1 Å². The highest BCUT2D eigenvalue weighted by molar-refractivity contribution is 5.96. The summed E-state index contributed by atoms with van der Waals surface area (Å²) in [7, 11) is 0. The number of nitrogens with zero attached hydrogens (tertiary/aromatic N) is 1. The standard InChI is InChI=1S/C34H33FN4O2/c1-21-6-7-24(18-28(21)22-8-11-27(12-9-22)39-16-14-26(36)15-17-39)34(41)38-33(29-20-25(35)10-13-32(29)40)31-19-23-4-2-3-5-30(23)37-31/h2-13,18-20,26,33,37,40H,14-17,36H2,1H3,(H,38,41)/t33-/m1/s1. The lowest BCUT2D eigenvalue weighted by Gasteiger charge is -2.32. The molecule has 0 bridgehead atoms. The molecule has 0 unspecified atom stereocenters. The predicted molar refractivity (Wildman–Crippen MR) is 162 cm³/mol. The zero-order valence-electron chi connectivity index (χ0n) is 22.9. The fraction of sp³-hybridized carbons (Fsp3) is 0.206. The first-order valence-corrected chi connectivity index (χ1v) is 13.9. The number of carbonyl (C=O) groups is 1. The Labute approximate surface area is 238 Å². The molecular formula is C34H33FN4O2. The van der Waals surface area contributed by atoms with Crippen LogP contribution in [-0.2, 0) is 0 Å². The molecule has 1 aliphatic rings. The highest BCUT2D eigenvalue weighted by atomic mass is 19.1. The SMILES string of the molecule is Cc1ccc(C(=O)N[C@@H](c2cc3ccccc3[nH]2)c2cc(F)ccc2O)cc1-c1ccc(N2CCC(N)CC2)cc1. The van der Waals surface area contributed by atoms with Gasteiger partial charge in [0.15, 0.2) is 0 Å². The van der Waals surface area contributed by atoms with Crippen molar-refractivity contribution in [2.24, 2.45) is 5.73 Å². The molecule has 0 radical (unpaired) electrons. The first-order valence-electron chi connectivity index (χ1n) is 13.9. The number of aromatic hydroxyl groups is 1. The third-order valence-corrected chi connectivity index (χ3v) is 8.02. The van der Waals surface area contributed by atoms with E-state index in [-0.39, 0.29) is 23.3 Å². The number of para-hydroxylation sites is 1. The predicted octanol–water partition coefficient (Wildman–Crippen LogP) is 6.43. The smallest absolute Gasteiger partial charge is 0.252 e. The zero-order valence-corrected chi connectivity index (χ0v) is 22.9. The topological polar surface area (TPSA) is 94.4 Å². The average Bonchev–Trinajstić information content (AvgIpc) is 3.42. The molecule has 6 nitrogen and oxygen atoms in total. The number of aromatic nitrogens is 1. The Kier molecular flexibility index (Phi) is 7.20. The van der Waals surface area contributed by atoms with Crippen molar-refractivity contribution in [2.45, 2.75) is 31.8 Å². The number of amides is 1. The molecule has 5 aromatic rings. The summed E-state index contributed by atoms with van der Waals surface area (Å²) in [5.41, 5.74) is 12.5. The third-order valence-electron chi connectivity index (χ3n) is 8.02. The van der Waals surface area contributed by atoms with Gasteiger partial charge in [0, 0.05) is 47.2 Å². The first-order chi connectivity index (χ1) is 19.9. The van der Waals surface area contributed by atoms with Gasteiger partial charge < -0.3 is 26.0 Å². The van der Waals surface area contributed by atoms with Gasteiger partial charge in [0.05, 0.1) is 6.04 Å². The Morgan fingerprint density at radius 2 is 1.76 bits per heavy atom. The van der Waals surface area contributed by atoms with E-state index in [1.165, 1.54) is 23.9 Å². The number of rotatable bonds is 6. The van der Waals surface area contributed by atoms with E-state index in [2.05, 4.69) is 39.5 Å². The van der Waals surface area contributed by atoms with Gasteiger partial charge in [0.2, 0.25) is 0 Å². The molecule has 7 heteroatoms. The number of phenols is 1. The Hall–Kier alpha value is -4.62. The lowest BCUT2D eigenvalue weighted by molar-refractivity contribution is 0.0942. The van der Waals surface area contributed by atoms with Gasteiger partial charge in [0.1, 0.15) is 11.6 Å². The second-order valence-electron chi connectivity index (χ2n) is 10.8. The number of phenolic OH excluding ortho intramolecular Hbond substituents is 1. The van der Waals surface area contributed by atoms with Crippen molar-refractivity contribution >= 4 is 22.5 Å². The lowest BCUT2D eigenvalue weighted by atomic mass is 9.96. The number of aromatic amines is 1. The number of hydrogen-bond donors (Lipinski definition) is 4. The monoisotopic (exact) mass is 548 g/mol. The lowest BCUT2D eigenvalue weighted by Crippen LogP contribution is -2.39. The number of nitrogens with two attached hydrogens (primary N) is 1. The summed E-state index contributed by atoms with van der Waals surface area (Å²) in [5, 5.41) is 14.6. The molecule has 41 heavy (non-hydrogen) atoms. The summed E-state index contributed by atoms with van der Waals surface area (Å²) in [4.78, 5) is 19.4. The normalized spacial score (nSPS) is 14.8. The highest BCUT2D eigenvalue weighted by Crippen LogP contribution is 2.33. The van der Waals surface area contributed by atoms with Crippen molar-refractivity contribution in [2.75, 3.05) is 18.0 Å². The Morgan fingerprint density at radius 1 is 1.00 bits per heavy atom. The molecule has 1 aromatic heterocycles. The molecule has 5 N–H and O–H groups in total. The number of fused-ring (bicyclic) bond motifs is 1. The van der Waals surface area contributed by atoms with Gasteiger partial charge in [-0.25, -0.2) is 4.39 Å². The molecule has 0 spiro atoms. The highest BCUT2D eigenvalue weighted by Gasteiger charge is 2.24. The minimum absolute atomic E-state index is 0.101. The van der Waals surface area contributed by atoms with Crippen LogP contribution in [0.3, 0.4) is 0 Å². The van der Waals surface area contributed by atoms with E-state index in [1.807, 2.05) is 49.4 Å². The zero-order chi connectivity index (χ0) is 28.5. The van der Waals surface area contributed by atoms with E-state index in [1.54, 1.807) is 6.07 Å². The van der Waals surface area contributed by atoms with Crippen molar-refractivity contribution in [3.8, 4) is 16.9 Å². The number of halogens is 1. The van der Waals surface area contributed by atoms with Crippen molar-refractivity contribution in [3.05, 3.63) is 119 Å². The summed E-state index contributed by atoms with van der Waals surface area (Å²) < 4.78 is 14.3. The molecule has 1 fully saturated rings. The van der Waals surface area contributed by atoms with Crippen LogP contribution in [0.15, 0.2) is 91.0 Å². The van der Waals surface area contributed by atoms with Gasteiger partial charge in [-0.15, -0.1) is 0 Å². The van der Waals surface area contributed by atoms with Crippen LogP contribution in [0, 0.1) is 12.7 Å². The largest absolute Gasteiger partial charge is 0.508 e. The van der Waals surface area contributed by atoms with Gasteiger partial charge in [-0.1, -0.05) is 36.4 Å². The van der Waals surface area contributed by atoms with Crippen molar-refractivity contribution in [3.63, 3.8) is 0 Å². The van der Waals surface area contributed by atoms with Crippen molar-refractivity contribution in [1.82, 2.24) is 10.3 Å². The van der Waals surface area contributed by atoms with Crippen LogP contribution >= 0.6 is 0 Å². The Balaban J connectivity index is 1.30. The second-order valence-corrected chi connectivity index (χ2v) is 10.8. The molecule has 0 aliphatic carbocycles. The van der Waals surface area contributed by atoms with E-state index in [0.717, 1.165) is 53.5 Å². The maximum absolute atomic E-state index is 14.3. The second kappa shape index (κ2) is 11.1. The maximum Gasteiger partial charge on any atom is 0.252 e. The minimum Gasteiger partial charge on any atom is -0.508 e. The number of hydrogen-bond acceptors (Lipinski definition) is 4. The number of nitrogens with one attached hydrogen (secondary N) is 2. The number of piperidine rings is 1. The van der Waals surface area contributed by atoms with E-state index >= 15 is 0 Å². The van der Waals surface area contributed by atoms with Crippen LogP contribution in [0.4, 0.5) is 10.1 Å². The van der Waals surface area contributed by atoms with Crippen LogP contribution in [0.5, 0.6) is 5.75 Å². The molecule has 1 atom stereocenters. The first kappa shape index (κ1) is 26.6. The fourth-order valence-electron chi connectivity index (χ4n) is 5.63. The Morgan fingerprint density at radius 3 is 2.51 bits per heavy atom. The molecule has 2 heterocycles. The number of carbonyl (C=O) groups excluding carboxylic acids is 1. The summed E-state index contributed by atoms with van der Waals surface area (Å²) in [6.07, 6.45) is 1.98. The minimum atomic E-state index is -0.799. The van der Waals surface area contributed by atoms with Crippen LogP contribution < -0.4 is 16.0 Å². The van der Waals surface area contributed by atoms with Gasteiger partial charge in [-0.05, 0) is 96.4 Å². The van der Waals surface area contributed by atoms with Crippen LogP contribution in [0.25, 0.3) is 22.0 Å². The number of benzene rings is 4. The number of anilines is 1. The molecule has 6 rings (SSSR count).